The molecule has 7 heteroatoms. The minimum atomic E-state index is -1.07. The van der Waals surface area contributed by atoms with Gasteiger partial charge >= 0.3 is 0 Å². The van der Waals surface area contributed by atoms with Gasteiger partial charge in [0.2, 0.25) is 5.91 Å². The van der Waals surface area contributed by atoms with Crippen molar-refractivity contribution in [2.45, 2.75) is 96.8 Å². The normalized spacial score (nSPS) is 21.3. The summed E-state index contributed by atoms with van der Waals surface area (Å²) in [6, 6.07) is 9.77. The Morgan fingerprint density at radius 1 is 1.21 bits per heavy atom. The van der Waals surface area contributed by atoms with Crippen molar-refractivity contribution in [3.8, 4) is 5.75 Å². The van der Waals surface area contributed by atoms with Crippen LogP contribution in [0.15, 0.2) is 30.3 Å². The fourth-order valence-corrected chi connectivity index (χ4v) is 4.94. The Balaban J connectivity index is 1.72. The van der Waals surface area contributed by atoms with Gasteiger partial charge < -0.3 is 15.0 Å². The number of carbonyl (C=O) groups is 2. The molecule has 0 radical (unpaired) electrons. The first kappa shape index (κ1) is 24.3. The van der Waals surface area contributed by atoms with Crippen LogP contribution in [-0.2, 0) is 23.3 Å². The topological polar surface area (TPSA) is 76.5 Å². The van der Waals surface area contributed by atoms with Gasteiger partial charge in [-0.1, -0.05) is 58.2 Å². The Hall–Kier alpha value is -2.83. The molecule has 1 saturated carbocycles. The van der Waals surface area contributed by atoms with Crippen LogP contribution in [0.25, 0.3) is 0 Å². The molecule has 2 aliphatic rings. The zero-order chi connectivity index (χ0) is 24.5. The molecule has 0 spiro atoms. The number of para-hydroxylation sites is 1. The highest BCUT2D eigenvalue weighted by atomic mass is 16.5. The van der Waals surface area contributed by atoms with Gasteiger partial charge in [-0.05, 0) is 38.8 Å². The fraction of sp³-hybridized carbons (Fsp3) is 0.593. The molecule has 2 heterocycles. The largest absolute Gasteiger partial charge is 0.494 e. The molecule has 34 heavy (non-hydrogen) atoms. The molecule has 0 unspecified atom stereocenters. The van der Waals surface area contributed by atoms with Crippen LogP contribution >= 0.6 is 0 Å². The van der Waals surface area contributed by atoms with Crippen molar-refractivity contribution in [2.75, 3.05) is 6.61 Å². The van der Waals surface area contributed by atoms with Gasteiger partial charge in [-0.2, -0.15) is 5.10 Å². The highest BCUT2D eigenvalue weighted by molar-refractivity contribution is 5.99. The lowest BCUT2D eigenvalue weighted by atomic mass is 9.90. The number of hydrogen-bond donors (Lipinski definition) is 1. The summed E-state index contributed by atoms with van der Waals surface area (Å²) in [5, 5.41) is 8.02. The quantitative estimate of drug-likeness (QED) is 0.683. The zero-order valence-electron chi connectivity index (χ0n) is 21.2. The molecule has 0 saturated heterocycles. The average Bonchev–Trinajstić information content (AvgIpc) is 3.23. The Morgan fingerprint density at radius 2 is 1.91 bits per heavy atom. The maximum atomic E-state index is 13.9. The average molecular weight is 467 g/mol. The van der Waals surface area contributed by atoms with Crippen molar-refractivity contribution in [3.63, 3.8) is 0 Å². The van der Waals surface area contributed by atoms with Gasteiger partial charge in [0.15, 0.2) is 0 Å². The first-order valence-corrected chi connectivity index (χ1v) is 12.6. The second-order valence-electron chi connectivity index (χ2n) is 10.8. The smallest absolute Gasteiger partial charge is 0.273 e. The molecule has 1 fully saturated rings. The first-order chi connectivity index (χ1) is 16.1. The number of hydrogen-bond acceptors (Lipinski definition) is 4. The van der Waals surface area contributed by atoms with E-state index in [9.17, 15) is 9.59 Å². The third kappa shape index (κ3) is 4.70. The van der Waals surface area contributed by atoms with E-state index in [0.717, 1.165) is 42.7 Å². The van der Waals surface area contributed by atoms with Crippen LogP contribution in [0.4, 0.5) is 0 Å². The second kappa shape index (κ2) is 9.43. The molecule has 1 N–H and O–H groups in total. The minimum Gasteiger partial charge on any atom is -0.494 e. The van der Waals surface area contributed by atoms with Gasteiger partial charge in [-0.3, -0.25) is 14.3 Å². The molecular weight excluding hydrogens is 428 g/mol. The molecule has 2 aromatic rings. The molecule has 1 atom stereocenters. The lowest BCUT2D eigenvalue weighted by molar-refractivity contribution is -0.134. The number of rotatable bonds is 6. The number of nitrogens with zero attached hydrogens (tertiary/aromatic N) is 3. The van der Waals surface area contributed by atoms with Crippen molar-refractivity contribution in [3.05, 3.63) is 47.3 Å². The SMILES string of the molecule is CCOc1ccccc1CN1C(=O)c2cc(C(C)(C)C)nn2C[C@@]1(C)C(=O)NC1CCCCC1. The molecule has 2 amide bonds. The van der Waals surface area contributed by atoms with Crippen LogP contribution in [-0.4, -0.2) is 44.7 Å². The molecule has 7 nitrogen and oxygen atoms in total. The Kier molecular flexibility index (Phi) is 6.74. The van der Waals surface area contributed by atoms with Crippen LogP contribution in [0.3, 0.4) is 0 Å². The van der Waals surface area contributed by atoms with Gasteiger partial charge in [0.1, 0.15) is 17.0 Å². The third-order valence-electron chi connectivity index (χ3n) is 7.10. The third-order valence-corrected chi connectivity index (χ3v) is 7.10. The highest BCUT2D eigenvalue weighted by Crippen LogP contribution is 2.33. The Bertz CT molecular complexity index is 1050. The van der Waals surface area contributed by atoms with Crippen LogP contribution in [0.2, 0.25) is 0 Å². The van der Waals surface area contributed by atoms with Gasteiger partial charge in [-0.15, -0.1) is 0 Å². The molecule has 1 aromatic carbocycles. The van der Waals surface area contributed by atoms with E-state index in [1.165, 1.54) is 6.42 Å². The molecule has 1 aromatic heterocycles. The predicted octanol–water partition coefficient (Wildman–Crippen LogP) is 4.44. The maximum Gasteiger partial charge on any atom is 0.273 e. The molecule has 1 aliphatic carbocycles. The molecule has 4 rings (SSSR count). The molecule has 1 aliphatic heterocycles. The van der Waals surface area contributed by atoms with Crippen molar-refractivity contribution < 1.29 is 14.3 Å². The van der Waals surface area contributed by atoms with Gasteiger partial charge in [0, 0.05) is 17.0 Å². The number of carbonyl (C=O) groups excluding carboxylic acids is 2. The van der Waals surface area contributed by atoms with E-state index in [1.54, 1.807) is 9.58 Å². The summed E-state index contributed by atoms with van der Waals surface area (Å²) < 4.78 is 7.56. The molecular formula is C27H38N4O3. The Morgan fingerprint density at radius 3 is 2.59 bits per heavy atom. The van der Waals surface area contributed by atoms with E-state index < -0.39 is 5.54 Å². The van der Waals surface area contributed by atoms with E-state index in [4.69, 9.17) is 9.84 Å². The van der Waals surface area contributed by atoms with Crippen LogP contribution in [0.1, 0.15) is 88.5 Å². The number of ether oxygens (including phenoxy) is 1. The number of nitrogens with one attached hydrogen (secondary N) is 1. The van der Waals surface area contributed by atoms with Crippen LogP contribution in [0.5, 0.6) is 5.75 Å². The van der Waals surface area contributed by atoms with Crippen LogP contribution in [0, 0.1) is 0 Å². The van der Waals surface area contributed by atoms with E-state index in [1.807, 2.05) is 44.2 Å². The van der Waals surface area contributed by atoms with E-state index in [-0.39, 0.29) is 23.3 Å². The van der Waals surface area contributed by atoms with Crippen molar-refractivity contribution >= 4 is 11.8 Å². The number of fused-ring (bicyclic) bond motifs is 1. The van der Waals surface area contributed by atoms with Crippen molar-refractivity contribution in [1.82, 2.24) is 20.0 Å². The summed E-state index contributed by atoms with van der Waals surface area (Å²) in [6.45, 7) is 11.2. The number of benzene rings is 1. The predicted molar refractivity (Wildman–Crippen MR) is 132 cm³/mol. The summed E-state index contributed by atoms with van der Waals surface area (Å²) in [6.07, 6.45) is 5.46. The highest BCUT2D eigenvalue weighted by Gasteiger charge is 2.49. The lowest BCUT2D eigenvalue weighted by Gasteiger charge is -2.44. The molecule has 184 valence electrons. The van der Waals surface area contributed by atoms with E-state index in [2.05, 4.69) is 26.1 Å². The number of amides is 2. The summed E-state index contributed by atoms with van der Waals surface area (Å²) in [5.41, 5.74) is 1.00. The fourth-order valence-electron chi connectivity index (χ4n) is 4.94. The van der Waals surface area contributed by atoms with Gasteiger partial charge in [0.25, 0.3) is 5.91 Å². The van der Waals surface area contributed by atoms with Gasteiger partial charge in [-0.25, -0.2) is 0 Å². The van der Waals surface area contributed by atoms with E-state index >= 15 is 0 Å². The van der Waals surface area contributed by atoms with Gasteiger partial charge in [0.05, 0.1) is 25.4 Å². The summed E-state index contributed by atoms with van der Waals surface area (Å²) in [7, 11) is 0. The molecule has 0 bridgehead atoms. The Labute approximate surface area is 202 Å². The summed E-state index contributed by atoms with van der Waals surface area (Å²) in [5.74, 6) is 0.448. The van der Waals surface area contributed by atoms with Crippen molar-refractivity contribution in [2.24, 2.45) is 0 Å². The van der Waals surface area contributed by atoms with E-state index in [0.29, 0.717) is 25.4 Å². The van der Waals surface area contributed by atoms with Crippen LogP contribution < -0.4 is 10.1 Å². The zero-order valence-corrected chi connectivity index (χ0v) is 21.2. The first-order valence-electron chi connectivity index (χ1n) is 12.6. The maximum absolute atomic E-state index is 13.9. The van der Waals surface area contributed by atoms with Crippen molar-refractivity contribution in [1.29, 1.82) is 0 Å². The number of aromatic nitrogens is 2. The standard InChI is InChI=1S/C27H38N4O3/c1-6-34-22-15-11-10-12-19(22)17-30-24(32)21-16-23(26(2,3)4)29-31(21)18-27(30,5)25(33)28-20-13-8-7-9-14-20/h10-12,15-16,20H,6-9,13-14,17-18H2,1-5H3,(H,28,33)/t27-/m0/s1. The minimum absolute atomic E-state index is 0.111. The summed E-state index contributed by atoms with van der Waals surface area (Å²) in [4.78, 5) is 29.4. The summed E-state index contributed by atoms with van der Waals surface area (Å²) >= 11 is 0. The monoisotopic (exact) mass is 466 g/mol. The second-order valence-corrected chi connectivity index (χ2v) is 10.8. The lowest BCUT2D eigenvalue weighted by Crippen LogP contribution is -2.64.